The van der Waals surface area contributed by atoms with E-state index >= 15 is 0 Å². The first-order valence-corrected chi connectivity index (χ1v) is 9.43. The van der Waals surface area contributed by atoms with Gasteiger partial charge in [0.1, 0.15) is 5.92 Å². The molecule has 1 aliphatic heterocycles. The number of halogens is 4. The van der Waals surface area contributed by atoms with Crippen molar-refractivity contribution < 1.29 is 23.1 Å². The third-order valence-corrected chi connectivity index (χ3v) is 6.05. The van der Waals surface area contributed by atoms with Gasteiger partial charge in [-0.25, -0.2) is 0 Å². The number of carbonyl (C=O) groups excluding carboxylic acids is 1. The molecule has 154 valence electrons. The Morgan fingerprint density at radius 2 is 1.66 bits per heavy atom. The van der Waals surface area contributed by atoms with E-state index < -0.39 is 29.6 Å². The van der Waals surface area contributed by atoms with Crippen LogP contribution in [-0.2, 0) is 0 Å². The molecule has 1 N–H and O–H groups in total. The highest BCUT2D eigenvalue weighted by Gasteiger charge is 2.69. The molecule has 9 heteroatoms. The summed E-state index contributed by atoms with van der Waals surface area (Å²) in [4.78, 5) is 15.3. The van der Waals surface area contributed by atoms with Crippen LogP contribution in [0.2, 0.25) is 5.02 Å². The lowest BCUT2D eigenvalue weighted by Crippen LogP contribution is -2.72. The van der Waals surface area contributed by atoms with E-state index in [-0.39, 0.29) is 10.7 Å². The fraction of sp³-hybridized carbons (Fsp3) is 0.300. The smallest absolute Gasteiger partial charge is 0.363 e. The Morgan fingerprint density at radius 1 is 1.10 bits per heavy atom. The van der Waals surface area contributed by atoms with E-state index in [2.05, 4.69) is 0 Å². The van der Waals surface area contributed by atoms with Crippen LogP contribution in [0.1, 0.15) is 22.0 Å². The maximum atomic E-state index is 14.2. The first kappa shape index (κ1) is 21.5. The molecule has 29 heavy (non-hydrogen) atoms. The van der Waals surface area contributed by atoms with Gasteiger partial charge in [0.15, 0.2) is 10.9 Å². The molecule has 0 saturated carbocycles. The Morgan fingerprint density at radius 3 is 2.17 bits per heavy atom. The highest BCUT2D eigenvalue weighted by atomic mass is 35.5. The van der Waals surface area contributed by atoms with Crippen LogP contribution < -0.4 is 0 Å². The Balaban J connectivity index is 2.26. The van der Waals surface area contributed by atoms with Crippen molar-refractivity contribution >= 4 is 34.7 Å². The standard InChI is InChI=1S/C20H18ClF3N2O2S/c1-25-16(12-8-10-14(21)11-9-12)15(17(27)13-6-4-3-5-7-13)19(28,20(22,23)24)26(2)18(25)29/h3-11,15-16,28H,1-2H3/t15-,16-,19+/m0/s1. The fourth-order valence-electron chi connectivity index (χ4n) is 3.70. The Hall–Kier alpha value is -2.16. The number of benzene rings is 2. The maximum absolute atomic E-state index is 14.2. The Kier molecular flexibility index (Phi) is 5.64. The zero-order valence-electron chi connectivity index (χ0n) is 15.5. The van der Waals surface area contributed by atoms with Crippen molar-refractivity contribution in [2.75, 3.05) is 14.1 Å². The van der Waals surface area contributed by atoms with Gasteiger partial charge in [-0.05, 0) is 29.9 Å². The third kappa shape index (κ3) is 3.49. The second-order valence-corrected chi connectivity index (χ2v) is 7.68. The molecule has 2 aromatic rings. The van der Waals surface area contributed by atoms with Crippen molar-refractivity contribution in [1.82, 2.24) is 9.80 Å². The van der Waals surface area contributed by atoms with Crippen molar-refractivity contribution in [2.24, 2.45) is 5.92 Å². The van der Waals surface area contributed by atoms with Gasteiger partial charge < -0.3 is 14.9 Å². The number of rotatable bonds is 3. The van der Waals surface area contributed by atoms with Crippen LogP contribution in [0, 0.1) is 5.92 Å². The molecular weight excluding hydrogens is 425 g/mol. The molecule has 0 radical (unpaired) electrons. The summed E-state index contributed by atoms with van der Waals surface area (Å²) in [5.74, 6) is -2.74. The summed E-state index contributed by atoms with van der Waals surface area (Å²) >= 11 is 11.1. The van der Waals surface area contributed by atoms with E-state index in [4.69, 9.17) is 23.8 Å². The van der Waals surface area contributed by atoms with Crippen LogP contribution in [0.3, 0.4) is 0 Å². The van der Waals surface area contributed by atoms with E-state index in [1.54, 1.807) is 18.2 Å². The number of Topliss-reactive ketones (excluding diaryl/α,β-unsaturated/α-hetero) is 1. The molecule has 1 heterocycles. The first-order chi connectivity index (χ1) is 13.5. The minimum absolute atomic E-state index is 0.0637. The summed E-state index contributed by atoms with van der Waals surface area (Å²) in [5, 5.41) is 11.1. The number of thiocarbonyl (C=S) groups is 1. The van der Waals surface area contributed by atoms with Crippen molar-refractivity contribution in [2.45, 2.75) is 17.9 Å². The lowest BCUT2D eigenvalue weighted by atomic mass is 9.76. The van der Waals surface area contributed by atoms with E-state index in [0.717, 1.165) is 7.05 Å². The summed E-state index contributed by atoms with van der Waals surface area (Å²) in [6, 6.07) is 12.5. The number of alkyl halides is 3. The molecule has 0 bridgehead atoms. The van der Waals surface area contributed by atoms with E-state index in [9.17, 15) is 23.1 Å². The second-order valence-electron chi connectivity index (χ2n) is 6.88. The predicted molar refractivity (Wildman–Crippen MR) is 108 cm³/mol. The minimum Gasteiger partial charge on any atom is -0.363 e. The molecule has 3 rings (SSSR count). The van der Waals surface area contributed by atoms with Gasteiger partial charge in [-0.3, -0.25) is 4.79 Å². The van der Waals surface area contributed by atoms with Gasteiger partial charge in [-0.1, -0.05) is 54.1 Å². The second kappa shape index (κ2) is 7.59. The number of ketones is 1. The first-order valence-electron chi connectivity index (χ1n) is 8.64. The summed E-state index contributed by atoms with van der Waals surface area (Å²) < 4.78 is 42.6. The van der Waals surface area contributed by atoms with E-state index in [1.807, 2.05) is 0 Å². The molecule has 0 amide bonds. The zero-order chi connectivity index (χ0) is 21.6. The number of nitrogens with zero attached hydrogens (tertiary/aromatic N) is 2. The predicted octanol–water partition coefficient (Wildman–Crippen LogP) is 4.29. The van der Waals surface area contributed by atoms with E-state index in [1.165, 1.54) is 48.3 Å². The maximum Gasteiger partial charge on any atom is 0.437 e. The molecule has 0 spiro atoms. The normalized spacial score (nSPS) is 25.3. The lowest BCUT2D eigenvalue weighted by Gasteiger charge is -2.54. The molecule has 1 fully saturated rings. The van der Waals surface area contributed by atoms with Gasteiger partial charge in [0.05, 0.1) is 6.04 Å². The van der Waals surface area contributed by atoms with Gasteiger partial charge in [0.2, 0.25) is 0 Å². The third-order valence-electron chi connectivity index (χ3n) is 5.24. The van der Waals surface area contributed by atoms with E-state index in [0.29, 0.717) is 15.5 Å². The molecular formula is C20H18ClF3N2O2S. The minimum atomic E-state index is -5.15. The molecule has 0 aromatic heterocycles. The van der Waals surface area contributed by atoms with Crippen LogP contribution in [0.4, 0.5) is 13.2 Å². The highest BCUT2D eigenvalue weighted by molar-refractivity contribution is 7.80. The Labute approximate surface area is 176 Å². The van der Waals surface area contributed by atoms with Gasteiger partial charge in [0, 0.05) is 24.7 Å². The molecule has 3 atom stereocenters. The van der Waals surface area contributed by atoms with Crippen LogP contribution in [0.25, 0.3) is 0 Å². The van der Waals surface area contributed by atoms with Crippen LogP contribution >= 0.6 is 23.8 Å². The van der Waals surface area contributed by atoms with Crippen LogP contribution in [-0.4, -0.2) is 51.8 Å². The lowest BCUT2D eigenvalue weighted by molar-refractivity contribution is -0.324. The number of aliphatic hydroxyl groups is 1. The topological polar surface area (TPSA) is 43.8 Å². The monoisotopic (exact) mass is 442 g/mol. The van der Waals surface area contributed by atoms with Crippen molar-refractivity contribution in [3.8, 4) is 0 Å². The van der Waals surface area contributed by atoms with Crippen molar-refractivity contribution in [3.05, 3.63) is 70.7 Å². The average molecular weight is 443 g/mol. The fourth-order valence-corrected chi connectivity index (χ4v) is 4.08. The van der Waals surface area contributed by atoms with Gasteiger partial charge in [-0.15, -0.1) is 0 Å². The number of hydrogen-bond donors (Lipinski definition) is 1. The molecule has 4 nitrogen and oxygen atoms in total. The summed E-state index contributed by atoms with van der Waals surface area (Å²) in [7, 11) is 2.54. The molecule has 1 aliphatic rings. The van der Waals surface area contributed by atoms with Crippen molar-refractivity contribution in [3.63, 3.8) is 0 Å². The molecule has 1 saturated heterocycles. The van der Waals surface area contributed by atoms with Crippen LogP contribution in [0.5, 0.6) is 0 Å². The average Bonchev–Trinajstić information content (AvgIpc) is 2.69. The van der Waals surface area contributed by atoms with Gasteiger partial charge >= 0.3 is 6.18 Å². The molecule has 0 aliphatic carbocycles. The van der Waals surface area contributed by atoms with Gasteiger partial charge in [0.25, 0.3) is 5.72 Å². The van der Waals surface area contributed by atoms with Crippen molar-refractivity contribution in [1.29, 1.82) is 0 Å². The summed E-state index contributed by atoms with van der Waals surface area (Å²) in [6.07, 6.45) is -5.15. The number of hydrogen-bond acceptors (Lipinski definition) is 3. The Bertz CT molecular complexity index is 924. The largest absolute Gasteiger partial charge is 0.437 e. The molecule has 0 unspecified atom stereocenters. The summed E-state index contributed by atoms with van der Waals surface area (Å²) in [6.45, 7) is 0. The zero-order valence-corrected chi connectivity index (χ0v) is 17.1. The molecule has 2 aromatic carbocycles. The van der Waals surface area contributed by atoms with Gasteiger partial charge in [-0.2, -0.15) is 13.2 Å². The summed E-state index contributed by atoms with van der Waals surface area (Å²) in [5.41, 5.74) is -3.05. The SMILES string of the molecule is CN1C(=S)N(C)[C@](O)(C(F)(F)F)[C@H](C(=O)c2ccccc2)[C@@H]1c1ccc(Cl)cc1. The highest BCUT2D eigenvalue weighted by Crippen LogP contribution is 2.50. The van der Waals surface area contributed by atoms with Crippen LogP contribution in [0.15, 0.2) is 54.6 Å². The quantitative estimate of drug-likeness (QED) is 0.567. The number of carbonyl (C=O) groups is 1.